The molecule has 1 aromatic rings. The van der Waals surface area contributed by atoms with Crippen LogP contribution in [0.5, 0.6) is 0 Å². The van der Waals surface area contributed by atoms with Crippen LogP contribution in [0.25, 0.3) is 0 Å². The number of alkyl halides is 1. The fraction of sp³-hybridized carbons (Fsp3) is 0.714. The van der Waals surface area contributed by atoms with E-state index in [1.54, 1.807) is 23.6 Å². The van der Waals surface area contributed by atoms with Gasteiger partial charge < -0.3 is 4.57 Å². The van der Waals surface area contributed by atoms with Gasteiger partial charge in [-0.2, -0.15) is 4.31 Å². The third-order valence-corrected chi connectivity index (χ3v) is 6.23. The summed E-state index contributed by atoms with van der Waals surface area (Å²) in [5, 5.41) is 0. The number of hydrogen-bond donors (Lipinski definition) is 0. The molecule has 0 amide bonds. The van der Waals surface area contributed by atoms with Crippen molar-refractivity contribution in [2.75, 3.05) is 7.05 Å². The van der Waals surface area contributed by atoms with Crippen LogP contribution in [0.2, 0.25) is 0 Å². The SMILES string of the molecule is CCCn1cc(S(=O)(=O)N(C)C2CCCC2)cc1CCl. The second-order valence-corrected chi connectivity index (χ2v) is 7.72. The van der Waals surface area contributed by atoms with E-state index in [9.17, 15) is 8.42 Å². The molecule has 20 heavy (non-hydrogen) atoms. The predicted octanol–water partition coefficient (Wildman–Crippen LogP) is 3.20. The second-order valence-electron chi connectivity index (χ2n) is 5.45. The number of aryl methyl sites for hydroxylation is 1. The van der Waals surface area contributed by atoms with Crippen molar-refractivity contribution in [1.82, 2.24) is 8.87 Å². The molecule has 0 N–H and O–H groups in total. The fourth-order valence-electron chi connectivity index (χ4n) is 2.86. The summed E-state index contributed by atoms with van der Waals surface area (Å²) in [6.07, 6.45) is 6.85. The Morgan fingerprint density at radius 1 is 1.40 bits per heavy atom. The van der Waals surface area contributed by atoms with Crippen molar-refractivity contribution in [1.29, 1.82) is 0 Å². The summed E-state index contributed by atoms with van der Waals surface area (Å²) in [5.74, 6) is 0.336. The van der Waals surface area contributed by atoms with E-state index in [2.05, 4.69) is 6.92 Å². The molecule has 1 aliphatic rings. The first-order chi connectivity index (χ1) is 9.50. The highest BCUT2D eigenvalue weighted by atomic mass is 35.5. The van der Waals surface area contributed by atoms with Crippen LogP contribution in [-0.4, -0.2) is 30.4 Å². The maximum absolute atomic E-state index is 12.7. The molecule has 0 bridgehead atoms. The molecule has 2 rings (SSSR count). The average Bonchev–Trinajstić information content (AvgIpc) is 3.07. The summed E-state index contributed by atoms with van der Waals surface area (Å²) in [7, 11) is -1.70. The number of hydrogen-bond acceptors (Lipinski definition) is 2. The Bertz CT molecular complexity index is 548. The Hall–Kier alpha value is -0.520. The van der Waals surface area contributed by atoms with Crippen LogP contribution >= 0.6 is 11.6 Å². The van der Waals surface area contributed by atoms with E-state index >= 15 is 0 Å². The molecule has 0 radical (unpaired) electrons. The van der Waals surface area contributed by atoms with Gasteiger partial charge in [-0.3, -0.25) is 0 Å². The molecule has 0 spiro atoms. The number of nitrogens with zero attached hydrogens (tertiary/aromatic N) is 2. The zero-order valence-corrected chi connectivity index (χ0v) is 13.8. The molecule has 1 heterocycles. The monoisotopic (exact) mass is 318 g/mol. The Morgan fingerprint density at radius 2 is 2.05 bits per heavy atom. The topological polar surface area (TPSA) is 42.3 Å². The van der Waals surface area contributed by atoms with E-state index in [0.717, 1.165) is 44.3 Å². The summed E-state index contributed by atoms with van der Waals surface area (Å²) in [5.41, 5.74) is 0.868. The van der Waals surface area contributed by atoms with Gasteiger partial charge in [-0.1, -0.05) is 19.8 Å². The molecule has 0 unspecified atom stereocenters. The standard InChI is InChI=1S/C14H23ClN2O2S/c1-3-8-17-11-14(9-13(17)10-15)20(18,19)16(2)12-6-4-5-7-12/h9,11-12H,3-8,10H2,1-2H3. The van der Waals surface area contributed by atoms with Gasteiger partial charge in [0.15, 0.2) is 0 Å². The van der Waals surface area contributed by atoms with Crippen LogP contribution in [0.15, 0.2) is 17.2 Å². The molecular weight excluding hydrogens is 296 g/mol. The Labute approximate surface area is 126 Å². The van der Waals surface area contributed by atoms with Gasteiger partial charge in [-0.15, -0.1) is 11.6 Å². The Balaban J connectivity index is 2.28. The van der Waals surface area contributed by atoms with Crippen LogP contribution in [-0.2, 0) is 22.4 Å². The number of halogens is 1. The summed E-state index contributed by atoms with van der Waals surface area (Å²) in [6.45, 7) is 2.86. The van der Waals surface area contributed by atoms with Gasteiger partial charge in [-0.05, 0) is 25.3 Å². The van der Waals surface area contributed by atoms with Crippen LogP contribution < -0.4 is 0 Å². The van der Waals surface area contributed by atoms with Crippen molar-refractivity contribution >= 4 is 21.6 Å². The van der Waals surface area contributed by atoms with Crippen LogP contribution in [0.3, 0.4) is 0 Å². The van der Waals surface area contributed by atoms with E-state index < -0.39 is 10.0 Å². The first-order valence-corrected chi connectivity index (χ1v) is 9.21. The van der Waals surface area contributed by atoms with Crippen molar-refractivity contribution in [2.24, 2.45) is 0 Å². The molecule has 6 heteroatoms. The molecule has 1 saturated carbocycles. The first kappa shape index (κ1) is 15.9. The van der Waals surface area contributed by atoms with Gasteiger partial charge >= 0.3 is 0 Å². The molecular formula is C14H23ClN2O2S. The molecule has 1 fully saturated rings. The number of sulfonamides is 1. The van der Waals surface area contributed by atoms with Gasteiger partial charge in [0, 0.05) is 31.5 Å². The lowest BCUT2D eigenvalue weighted by Crippen LogP contribution is -2.35. The molecule has 4 nitrogen and oxygen atoms in total. The third kappa shape index (κ3) is 3.05. The van der Waals surface area contributed by atoms with Gasteiger partial charge in [-0.25, -0.2) is 8.42 Å². The second kappa shape index (κ2) is 6.50. The summed E-state index contributed by atoms with van der Waals surface area (Å²) in [6, 6.07) is 1.86. The summed E-state index contributed by atoms with van der Waals surface area (Å²) < 4.78 is 28.8. The number of rotatable bonds is 6. The molecule has 114 valence electrons. The molecule has 0 atom stereocenters. The predicted molar refractivity (Wildman–Crippen MR) is 81.5 cm³/mol. The van der Waals surface area contributed by atoms with Crippen molar-refractivity contribution in [3.05, 3.63) is 18.0 Å². The van der Waals surface area contributed by atoms with Gasteiger partial charge in [0.25, 0.3) is 0 Å². The maximum atomic E-state index is 12.7. The minimum Gasteiger partial charge on any atom is -0.349 e. The molecule has 0 saturated heterocycles. The van der Waals surface area contributed by atoms with E-state index in [1.165, 1.54) is 0 Å². The molecule has 0 aromatic carbocycles. The lowest BCUT2D eigenvalue weighted by atomic mass is 10.3. The Morgan fingerprint density at radius 3 is 2.60 bits per heavy atom. The average molecular weight is 319 g/mol. The summed E-state index contributed by atoms with van der Waals surface area (Å²) >= 11 is 5.91. The molecule has 1 aromatic heterocycles. The van der Waals surface area contributed by atoms with Crippen molar-refractivity contribution in [3.63, 3.8) is 0 Å². The van der Waals surface area contributed by atoms with E-state index in [0.29, 0.717) is 10.8 Å². The lowest BCUT2D eigenvalue weighted by Gasteiger charge is -2.22. The Kier molecular flexibility index (Phi) is 5.15. The highest BCUT2D eigenvalue weighted by molar-refractivity contribution is 7.89. The zero-order chi connectivity index (χ0) is 14.8. The van der Waals surface area contributed by atoms with E-state index in [4.69, 9.17) is 11.6 Å². The van der Waals surface area contributed by atoms with Crippen LogP contribution in [0.4, 0.5) is 0 Å². The lowest BCUT2D eigenvalue weighted by molar-refractivity contribution is 0.373. The van der Waals surface area contributed by atoms with E-state index in [1.807, 2.05) is 4.57 Å². The molecule has 0 aliphatic heterocycles. The maximum Gasteiger partial charge on any atom is 0.244 e. The van der Waals surface area contributed by atoms with Gasteiger partial charge in [0.2, 0.25) is 10.0 Å². The minimum atomic E-state index is -3.40. The highest BCUT2D eigenvalue weighted by Gasteiger charge is 2.31. The third-order valence-electron chi connectivity index (χ3n) is 4.08. The zero-order valence-electron chi connectivity index (χ0n) is 12.2. The van der Waals surface area contributed by atoms with Gasteiger partial charge in [0.1, 0.15) is 4.90 Å². The normalized spacial score (nSPS) is 17.2. The first-order valence-electron chi connectivity index (χ1n) is 7.23. The quantitative estimate of drug-likeness (QED) is 0.756. The van der Waals surface area contributed by atoms with Crippen LogP contribution in [0.1, 0.15) is 44.7 Å². The summed E-state index contributed by atoms with van der Waals surface area (Å²) in [4.78, 5) is 0.371. The van der Waals surface area contributed by atoms with E-state index in [-0.39, 0.29) is 6.04 Å². The fourth-order valence-corrected chi connectivity index (χ4v) is 4.57. The molecule has 1 aliphatic carbocycles. The minimum absolute atomic E-state index is 0.147. The largest absolute Gasteiger partial charge is 0.349 e. The van der Waals surface area contributed by atoms with Crippen molar-refractivity contribution < 1.29 is 8.42 Å². The smallest absolute Gasteiger partial charge is 0.244 e. The van der Waals surface area contributed by atoms with Crippen LogP contribution in [0, 0.1) is 0 Å². The number of aromatic nitrogens is 1. The van der Waals surface area contributed by atoms with Crippen molar-refractivity contribution in [3.8, 4) is 0 Å². The highest BCUT2D eigenvalue weighted by Crippen LogP contribution is 2.28. The van der Waals surface area contributed by atoms with Crippen molar-refractivity contribution in [2.45, 2.75) is 62.4 Å². The van der Waals surface area contributed by atoms with Gasteiger partial charge in [0.05, 0.1) is 5.88 Å².